The molecule has 2 N–H and O–H groups in total. The molecule has 0 saturated heterocycles. The van der Waals surface area contributed by atoms with Crippen LogP contribution in [0.15, 0.2) is 29.3 Å². The first-order valence-electron chi connectivity index (χ1n) is 8.87. The maximum absolute atomic E-state index is 6.09. The van der Waals surface area contributed by atoms with Crippen LogP contribution in [0.25, 0.3) is 0 Å². The fourth-order valence-electron chi connectivity index (χ4n) is 3.61. The van der Waals surface area contributed by atoms with Gasteiger partial charge in [0.1, 0.15) is 0 Å². The van der Waals surface area contributed by atoms with E-state index in [2.05, 4.69) is 27.8 Å². The Hall–Kier alpha value is -1.26. The molecule has 0 bridgehead atoms. The second-order valence-corrected chi connectivity index (χ2v) is 7.61. The van der Waals surface area contributed by atoms with Crippen LogP contribution in [0.2, 0.25) is 5.02 Å². The summed E-state index contributed by atoms with van der Waals surface area (Å²) in [5.41, 5.74) is 1.70. The normalized spacial score (nSPS) is 25.0. The van der Waals surface area contributed by atoms with Gasteiger partial charge in [0.05, 0.1) is 0 Å². The zero-order chi connectivity index (χ0) is 17.0. The summed E-state index contributed by atoms with van der Waals surface area (Å²) in [5, 5.41) is 7.89. The molecule has 0 radical (unpaired) electrons. The van der Waals surface area contributed by atoms with Crippen LogP contribution in [-0.2, 0) is 4.74 Å². The number of methoxy groups -OCH3 is 1. The average molecular weight is 350 g/mol. The van der Waals surface area contributed by atoms with Gasteiger partial charge in [-0.25, -0.2) is 0 Å². The third-order valence-electron chi connectivity index (χ3n) is 5.49. The molecule has 2 fully saturated rings. The topological polar surface area (TPSA) is 45.7 Å². The minimum absolute atomic E-state index is 0.392. The lowest BCUT2D eigenvalue weighted by molar-refractivity contribution is 0.0732. The summed E-state index contributed by atoms with van der Waals surface area (Å²) < 4.78 is 5.27. The maximum Gasteiger partial charge on any atom is 0.191 e. The zero-order valence-corrected chi connectivity index (χ0v) is 15.4. The number of aliphatic imine (C=N–C) groups is 1. The smallest absolute Gasteiger partial charge is 0.191 e. The SMILES string of the molecule is CN=C(NCC1(CCOC)CCC1)NC1CC1c1cccc(Cl)c1. The summed E-state index contributed by atoms with van der Waals surface area (Å²) >= 11 is 6.09. The third-order valence-corrected chi connectivity index (χ3v) is 5.73. The van der Waals surface area contributed by atoms with E-state index in [1.54, 1.807) is 7.11 Å². The first kappa shape index (κ1) is 17.6. The molecule has 0 amide bonds. The highest BCUT2D eigenvalue weighted by Gasteiger charge is 2.40. The molecule has 0 aliphatic heterocycles. The number of halogens is 1. The van der Waals surface area contributed by atoms with Crippen molar-refractivity contribution in [2.75, 3.05) is 27.3 Å². The molecule has 2 saturated carbocycles. The molecule has 0 aromatic heterocycles. The van der Waals surface area contributed by atoms with Crippen molar-refractivity contribution in [3.8, 4) is 0 Å². The Balaban J connectivity index is 1.48. The van der Waals surface area contributed by atoms with Crippen LogP contribution >= 0.6 is 11.6 Å². The summed E-state index contributed by atoms with van der Waals surface area (Å²) in [5.74, 6) is 1.45. The van der Waals surface area contributed by atoms with Gasteiger partial charge in [0.15, 0.2) is 5.96 Å². The van der Waals surface area contributed by atoms with Gasteiger partial charge in [-0.2, -0.15) is 0 Å². The molecule has 5 heteroatoms. The van der Waals surface area contributed by atoms with Crippen LogP contribution in [0.5, 0.6) is 0 Å². The average Bonchev–Trinajstić information content (AvgIpc) is 3.31. The van der Waals surface area contributed by atoms with Crippen molar-refractivity contribution in [2.45, 2.75) is 44.1 Å². The van der Waals surface area contributed by atoms with Crippen molar-refractivity contribution in [2.24, 2.45) is 10.4 Å². The van der Waals surface area contributed by atoms with Gasteiger partial charge in [-0.3, -0.25) is 4.99 Å². The van der Waals surface area contributed by atoms with E-state index >= 15 is 0 Å². The highest BCUT2D eigenvalue weighted by molar-refractivity contribution is 6.30. The van der Waals surface area contributed by atoms with E-state index in [0.29, 0.717) is 17.4 Å². The number of hydrogen-bond donors (Lipinski definition) is 2. The molecule has 1 aromatic carbocycles. The van der Waals surface area contributed by atoms with Crippen molar-refractivity contribution in [3.63, 3.8) is 0 Å². The number of hydrogen-bond acceptors (Lipinski definition) is 2. The van der Waals surface area contributed by atoms with Gasteiger partial charge in [0, 0.05) is 44.3 Å². The van der Waals surface area contributed by atoms with Crippen LogP contribution in [0.1, 0.15) is 43.6 Å². The van der Waals surface area contributed by atoms with Gasteiger partial charge in [-0.05, 0) is 48.8 Å². The molecule has 0 spiro atoms. The van der Waals surface area contributed by atoms with Crippen molar-refractivity contribution < 1.29 is 4.74 Å². The molecular weight excluding hydrogens is 322 g/mol. The van der Waals surface area contributed by atoms with Crippen LogP contribution in [0.4, 0.5) is 0 Å². The van der Waals surface area contributed by atoms with E-state index in [0.717, 1.165) is 37.0 Å². The van der Waals surface area contributed by atoms with Crippen LogP contribution in [0.3, 0.4) is 0 Å². The number of benzene rings is 1. The van der Waals surface area contributed by atoms with Crippen LogP contribution in [0, 0.1) is 5.41 Å². The predicted octanol–water partition coefficient (Wildman–Crippen LogP) is 3.57. The molecule has 2 unspecified atom stereocenters. The lowest BCUT2D eigenvalue weighted by Crippen LogP contribution is -2.47. The molecule has 1 aromatic rings. The standard InChI is InChI=1S/C19H28ClN3O/c1-21-18(22-13-19(7-4-8-19)9-10-24-2)23-17-12-16(17)14-5-3-6-15(20)11-14/h3,5-6,11,16-17H,4,7-10,12-13H2,1-2H3,(H2,21,22,23). The minimum atomic E-state index is 0.392. The van der Waals surface area contributed by atoms with E-state index in [1.807, 2.05) is 19.2 Å². The Morgan fingerprint density at radius 1 is 1.42 bits per heavy atom. The molecular formula is C19H28ClN3O. The van der Waals surface area contributed by atoms with E-state index in [4.69, 9.17) is 16.3 Å². The maximum atomic E-state index is 6.09. The highest BCUT2D eigenvalue weighted by Crippen LogP contribution is 2.43. The van der Waals surface area contributed by atoms with Gasteiger partial charge in [-0.1, -0.05) is 30.2 Å². The number of ether oxygens (including phenoxy) is 1. The predicted molar refractivity (Wildman–Crippen MR) is 99.9 cm³/mol. The largest absolute Gasteiger partial charge is 0.385 e. The Labute approximate surface area is 150 Å². The lowest BCUT2D eigenvalue weighted by atomic mass is 9.67. The van der Waals surface area contributed by atoms with Crippen molar-refractivity contribution in [3.05, 3.63) is 34.9 Å². The lowest BCUT2D eigenvalue weighted by Gasteiger charge is -2.42. The van der Waals surface area contributed by atoms with Gasteiger partial charge in [0.25, 0.3) is 0 Å². The number of nitrogens with zero attached hydrogens (tertiary/aromatic N) is 1. The van der Waals surface area contributed by atoms with Gasteiger partial charge >= 0.3 is 0 Å². The monoisotopic (exact) mass is 349 g/mol. The van der Waals surface area contributed by atoms with Crippen molar-refractivity contribution in [1.29, 1.82) is 0 Å². The van der Waals surface area contributed by atoms with E-state index in [1.165, 1.54) is 24.8 Å². The second-order valence-electron chi connectivity index (χ2n) is 7.17. The van der Waals surface area contributed by atoms with E-state index < -0.39 is 0 Å². The van der Waals surface area contributed by atoms with Gasteiger partial charge in [0.2, 0.25) is 0 Å². The molecule has 2 aliphatic rings. The quantitative estimate of drug-likeness (QED) is 0.584. The van der Waals surface area contributed by atoms with Crippen molar-refractivity contribution >= 4 is 17.6 Å². The summed E-state index contributed by atoms with van der Waals surface area (Å²) in [6.45, 7) is 1.82. The second kappa shape index (κ2) is 7.75. The van der Waals surface area contributed by atoms with Crippen LogP contribution < -0.4 is 10.6 Å². The first-order valence-corrected chi connectivity index (χ1v) is 9.25. The number of guanidine groups is 1. The van der Waals surface area contributed by atoms with E-state index in [-0.39, 0.29) is 0 Å². The Bertz CT molecular complexity index is 586. The van der Waals surface area contributed by atoms with Gasteiger partial charge < -0.3 is 15.4 Å². The number of nitrogens with one attached hydrogen (secondary N) is 2. The highest BCUT2D eigenvalue weighted by atomic mass is 35.5. The minimum Gasteiger partial charge on any atom is -0.385 e. The summed E-state index contributed by atoms with van der Waals surface area (Å²) in [4.78, 5) is 4.39. The van der Waals surface area contributed by atoms with Crippen LogP contribution in [-0.4, -0.2) is 39.3 Å². The fourth-order valence-corrected chi connectivity index (χ4v) is 3.81. The molecule has 2 atom stereocenters. The fraction of sp³-hybridized carbons (Fsp3) is 0.632. The zero-order valence-electron chi connectivity index (χ0n) is 14.6. The molecule has 0 heterocycles. The summed E-state index contributed by atoms with van der Waals surface area (Å²) in [6.07, 6.45) is 6.17. The summed E-state index contributed by atoms with van der Waals surface area (Å²) in [7, 11) is 3.62. The van der Waals surface area contributed by atoms with Gasteiger partial charge in [-0.15, -0.1) is 0 Å². The Morgan fingerprint density at radius 3 is 2.88 bits per heavy atom. The molecule has 4 nitrogen and oxygen atoms in total. The van der Waals surface area contributed by atoms with Crippen molar-refractivity contribution in [1.82, 2.24) is 10.6 Å². The Morgan fingerprint density at radius 2 is 2.25 bits per heavy atom. The Kier molecular flexibility index (Phi) is 5.67. The van der Waals surface area contributed by atoms with E-state index in [9.17, 15) is 0 Å². The molecule has 3 rings (SSSR count). The summed E-state index contributed by atoms with van der Waals surface area (Å²) in [6, 6.07) is 8.62. The molecule has 24 heavy (non-hydrogen) atoms. The molecule has 2 aliphatic carbocycles. The third kappa shape index (κ3) is 4.22. The molecule has 132 valence electrons. The first-order chi connectivity index (χ1) is 11.7. The number of rotatable bonds is 7.